The van der Waals surface area contributed by atoms with Crippen molar-refractivity contribution in [3.63, 3.8) is 0 Å². The fourth-order valence-electron chi connectivity index (χ4n) is 4.02. The Morgan fingerprint density at radius 1 is 1.15 bits per heavy atom. The largest absolute Gasteiger partial charge is 0.507 e. The Kier molecular flexibility index (Phi) is 6.23. The molecule has 3 aromatic rings. The van der Waals surface area contributed by atoms with E-state index in [1.807, 2.05) is 13.8 Å². The normalized spacial score (nSPS) is 17.1. The van der Waals surface area contributed by atoms with E-state index in [4.69, 9.17) is 9.15 Å². The van der Waals surface area contributed by atoms with Crippen LogP contribution in [-0.4, -0.2) is 29.3 Å². The van der Waals surface area contributed by atoms with Gasteiger partial charge in [0.05, 0.1) is 18.4 Å². The fraction of sp³-hybridized carbons (Fsp3) is 0.192. The molecular weight excluding hydrogens is 436 g/mol. The molecule has 174 valence electrons. The lowest BCUT2D eigenvalue weighted by atomic mass is 9.98. The van der Waals surface area contributed by atoms with Crippen LogP contribution in [0.2, 0.25) is 0 Å². The summed E-state index contributed by atoms with van der Waals surface area (Å²) in [4.78, 5) is 39.1. The maximum Gasteiger partial charge on any atom is 0.300 e. The third-order valence-electron chi connectivity index (χ3n) is 5.45. The molecule has 8 heteroatoms. The Bertz CT molecular complexity index is 1290. The molecule has 1 aliphatic rings. The Morgan fingerprint density at radius 2 is 1.94 bits per heavy atom. The van der Waals surface area contributed by atoms with Gasteiger partial charge >= 0.3 is 0 Å². The van der Waals surface area contributed by atoms with E-state index in [9.17, 15) is 19.5 Å². The number of ketones is 1. The number of hydrogen-bond donors (Lipinski definition) is 2. The summed E-state index contributed by atoms with van der Waals surface area (Å²) in [5, 5.41) is 13.9. The smallest absolute Gasteiger partial charge is 0.300 e. The number of carbonyl (C=O) groups excluding carboxylic acids is 3. The van der Waals surface area contributed by atoms with Gasteiger partial charge in [-0.05, 0) is 67.9 Å². The van der Waals surface area contributed by atoms with Gasteiger partial charge in [0.15, 0.2) is 0 Å². The van der Waals surface area contributed by atoms with Gasteiger partial charge in [-0.2, -0.15) is 0 Å². The number of rotatable bonds is 6. The number of carbonyl (C=O) groups is 3. The van der Waals surface area contributed by atoms with Crippen molar-refractivity contribution in [3.05, 3.63) is 83.3 Å². The molecule has 0 radical (unpaired) electrons. The second kappa shape index (κ2) is 9.27. The van der Waals surface area contributed by atoms with Gasteiger partial charge < -0.3 is 19.6 Å². The van der Waals surface area contributed by atoms with Crippen LogP contribution >= 0.6 is 0 Å². The van der Waals surface area contributed by atoms with Gasteiger partial charge in [-0.15, -0.1) is 0 Å². The van der Waals surface area contributed by atoms with E-state index in [1.165, 1.54) is 18.1 Å². The first-order chi connectivity index (χ1) is 16.3. The Morgan fingerprint density at radius 3 is 2.59 bits per heavy atom. The predicted molar refractivity (Wildman–Crippen MR) is 127 cm³/mol. The van der Waals surface area contributed by atoms with Crippen LogP contribution in [0.15, 0.2) is 70.9 Å². The zero-order valence-electron chi connectivity index (χ0n) is 19.0. The molecule has 2 heterocycles. The molecule has 34 heavy (non-hydrogen) atoms. The summed E-state index contributed by atoms with van der Waals surface area (Å²) in [5.41, 5.74) is 1.90. The summed E-state index contributed by atoms with van der Waals surface area (Å²) >= 11 is 0. The van der Waals surface area contributed by atoms with Crippen LogP contribution < -0.4 is 15.0 Å². The number of amides is 2. The number of furan rings is 1. The molecular formula is C26H24N2O6. The van der Waals surface area contributed by atoms with Gasteiger partial charge in [0.2, 0.25) is 5.91 Å². The molecule has 1 aromatic heterocycles. The summed E-state index contributed by atoms with van der Waals surface area (Å²) < 4.78 is 11.1. The lowest BCUT2D eigenvalue weighted by Gasteiger charge is -2.24. The van der Waals surface area contributed by atoms with Crippen LogP contribution in [-0.2, 0) is 14.4 Å². The highest BCUT2D eigenvalue weighted by Gasteiger charge is 2.48. The standard InChI is InChI=1S/C26H24N2O6/c1-4-33-20-11-10-17(13-15(20)2)24(30)22-23(21-9-6-12-34-21)28(26(32)25(22)31)19-8-5-7-18(14-19)27-16(3)29/h5-14,23,30H,4H2,1-3H3,(H,27,29)/b24-22-. The van der Waals surface area contributed by atoms with Crippen molar-refractivity contribution < 1.29 is 28.6 Å². The van der Waals surface area contributed by atoms with Crippen molar-refractivity contribution in [1.29, 1.82) is 0 Å². The van der Waals surface area contributed by atoms with Crippen molar-refractivity contribution in [2.75, 3.05) is 16.8 Å². The first kappa shape index (κ1) is 22.8. The number of ether oxygens (including phenoxy) is 1. The Balaban J connectivity index is 1.85. The zero-order chi connectivity index (χ0) is 24.4. The van der Waals surface area contributed by atoms with Crippen LogP contribution in [0.25, 0.3) is 5.76 Å². The third-order valence-corrected chi connectivity index (χ3v) is 5.45. The molecule has 1 aliphatic heterocycles. The lowest BCUT2D eigenvalue weighted by molar-refractivity contribution is -0.132. The third kappa shape index (κ3) is 4.17. The number of anilines is 2. The monoisotopic (exact) mass is 460 g/mol. The number of Topliss-reactive ketones (excluding diaryl/α,β-unsaturated/α-hetero) is 1. The van der Waals surface area contributed by atoms with Crippen LogP contribution in [0.3, 0.4) is 0 Å². The van der Waals surface area contributed by atoms with E-state index in [-0.39, 0.29) is 17.2 Å². The molecule has 0 saturated carbocycles. The van der Waals surface area contributed by atoms with Gasteiger partial charge in [-0.3, -0.25) is 19.3 Å². The number of hydrogen-bond acceptors (Lipinski definition) is 6. The first-order valence-corrected chi connectivity index (χ1v) is 10.8. The second-order valence-corrected chi connectivity index (χ2v) is 7.83. The summed E-state index contributed by atoms with van der Waals surface area (Å²) in [6.07, 6.45) is 1.43. The minimum absolute atomic E-state index is 0.0894. The van der Waals surface area contributed by atoms with Crippen LogP contribution in [0.5, 0.6) is 5.75 Å². The molecule has 4 rings (SSSR count). The van der Waals surface area contributed by atoms with Crippen molar-refractivity contribution in [3.8, 4) is 5.75 Å². The number of aliphatic hydroxyl groups is 1. The SMILES string of the molecule is CCOc1ccc(/C(O)=C2/C(=O)C(=O)N(c3cccc(NC(C)=O)c3)C2c2ccco2)cc1C. The Hall–Kier alpha value is -4.33. The van der Waals surface area contributed by atoms with E-state index in [0.29, 0.717) is 35.1 Å². The molecule has 2 aromatic carbocycles. The van der Waals surface area contributed by atoms with Gasteiger partial charge in [0.25, 0.3) is 11.7 Å². The van der Waals surface area contributed by atoms with Crippen molar-refractivity contribution >= 4 is 34.7 Å². The van der Waals surface area contributed by atoms with E-state index in [2.05, 4.69) is 5.32 Å². The number of nitrogens with zero attached hydrogens (tertiary/aromatic N) is 1. The summed E-state index contributed by atoms with van der Waals surface area (Å²) in [7, 11) is 0. The molecule has 8 nitrogen and oxygen atoms in total. The van der Waals surface area contributed by atoms with Crippen molar-refractivity contribution in [2.45, 2.75) is 26.8 Å². The zero-order valence-corrected chi connectivity index (χ0v) is 19.0. The highest BCUT2D eigenvalue weighted by molar-refractivity contribution is 6.51. The molecule has 0 bridgehead atoms. The second-order valence-electron chi connectivity index (χ2n) is 7.83. The number of benzene rings is 2. The lowest BCUT2D eigenvalue weighted by Crippen LogP contribution is -2.29. The molecule has 2 amide bonds. The van der Waals surface area contributed by atoms with Gasteiger partial charge in [-0.1, -0.05) is 6.07 Å². The molecule has 1 saturated heterocycles. The van der Waals surface area contributed by atoms with E-state index in [1.54, 1.807) is 54.6 Å². The van der Waals surface area contributed by atoms with E-state index >= 15 is 0 Å². The molecule has 1 fully saturated rings. The molecule has 1 unspecified atom stereocenters. The highest BCUT2D eigenvalue weighted by Crippen LogP contribution is 2.43. The quantitative estimate of drug-likeness (QED) is 0.317. The number of aryl methyl sites for hydroxylation is 1. The van der Waals surface area contributed by atoms with Crippen molar-refractivity contribution in [1.82, 2.24) is 0 Å². The van der Waals surface area contributed by atoms with Crippen LogP contribution in [0.1, 0.15) is 36.8 Å². The summed E-state index contributed by atoms with van der Waals surface area (Å²) in [6, 6.07) is 13.9. The summed E-state index contributed by atoms with van der Waals surface area (Å²) in [6.45, 7) is 5.57. The van der Waals surface area contributed by atoms with Gasteiger partial charge in [0, 0.05) is 23.9 Å². The molecule has 1 atom stereocenters. The minimum Gasteiger partial charge on any atom is -0.507 e. The van der Waals surface area contributed by atoms with Gasteiger partial charge in [0.1, 0.15) is 23.3 Å². The fourth-order valence-corrected chi connectivity index (χ4v) is 4.02. The van der Waals surface area contributed by atoms with Gasteiger partial charge in [-0.25, -0.2) is 0 Å². The number of nitrogens with one attached hydrogen (secondary N) is 1. The average Bonchev–Trinajstić information content (AvgIpc) is 3.41. The minimum atomic E-state index is -0.991. The number of aliphatic hydroxyl groups excluding tert-OH is 1. The first-order valence-electron chi connectivity index (χ1n) is 10.8. The molecule has 0 aliphatic carbocycles. The highest BCUT2D eigenvalue weighted by atomic mass is 16.5. The maximum atomic E-state index is 13.2. The Labute approximate surface area is 196 Å². The van der Waals surface area contributed by atoms with Crippen LogP contribution in [0, 0.1) is 6.92 Å². The average molecular weight is 460 g/mol. The molecule has 0 spiro atoms. The maximum absolute atomic E-state index is 13.2. The predicted octanol–water partition coefficient (Wildman–Crippen LogP) is 4.57. The summed E-state index contributed by atoms with van der Waals surface area (Å²) in [5.74, 6) is -1.26. The van der Waals surface area contributed by atoms with Crippen LogP contribution in [0.4, 0.5) is 11.4 Å². The molecule has 2 N–H and O–H groups in total. The van der Waals surface area contributed by atoms with E-state index < -0.39 is 17.7 Å². The van der Waals surface area contributed by atoms with E-state index in [0.717, 1.165) is 5.56 Å². The van der Waals surface area contributed by atoms with Crippen molar-refractivity contribution in [2.24, 2.45) is 0 Å². The topological polar surface area (TPSA) is 109 Å².